The van der Waals surface area contributed by atoms with Gasteiger partial charge in [-0.05, 0) is 6.42 Å². The van der Waals surface area contributed by atoms with Gasteiger partial charge < -0.3 is 4.84 Å². The molecule has 0 bridgehead atoms. The van der Waals surface area contributed by atoms with Crippen molar-refractivity contribution in [1.29, 1.82) is 0 Å². The van der Waals surface area contributed by atoms with E-state index < -0.39 is 0 Å². The number of hydrogen-bond acceptors (Lipinski definition) is 3. The average molecular weight is 173 g/mol. The molecular weight excluding hydrogens is 158 g/mol. The fraction of sp³-hybridized carbons (Fsp3) is 0.857. The summed E-state index contributed by atoms with van der Waals surface area (Å²) < 4.78 is 0. The summed E-state index contributed by atoms with van der Waals surface area (Å²) in [6.07, 6.45) is 3.88. The first kappa shape index (κ1) is 10.5. The Morgan fingerprint density at radius 3 is 2.82 bits per heavy atom. The number of carbonyl (C=O) groups excluding carboxylic acids is 1. The third-order valence-electron chi connectivity index (χ3n) is 1.38. The van der Waals surface area contributed by atoms with Crippen molar-refractivity contribution in [3.63, 3.8) is 0 Å². The molecule has 0 aliphatic heterocycles. The number of unbranched alkanes of at least 4 members (excludes halogenated alkanes) is 2. The molecular formula is C7H15NO2Si. The van der Waals surface area contributed by atoms with Crippen molar-refractivity contribution in [2.45, 2.75) is 32.6 Å². The highest BCUT2D eigenvalue weighted by Crippen LogP contribution is 1.99. The van der Waals surface area contributed by atoms with E-state index in [-0.39, 0.29) is 12.4 Å². The minimum atomic E-state index is 0.146. The topological polar surface area (TPSA) is 38.7 Å². The molecule has 0 N–H and O–H groups in total. The molecule has 0 aromatic carbocycles. The number of Topliss-reactive ketones (excluding diaryl/α,β-unsaturated/α-hetero) is 1. The van der Waals surface area contributed by atoms with Gasteiger partial charge in [0.1, 0.15) is 10.0 Å². The lowest BCUT2D eigenvalue weighted by atomic mass is 10.1. The van der Waals surface area contributed by atoms with E-state index in [0.29, 0.717) is 6.42 Å². The first-order valence-electron chi connectivity index (χ1n) is 3.91. The molecule has 0 amide bonds. The van der Waals surface area contributed by atoms with Gasteiger partial charge in [0.15, 0.2) is 12.4 Å². The third-order valence-corrected chi connectivity index (χ3v) is 1.56. The van der Waals surface area contributed by atoms with Crippen molar-refractivity contribution in [3.8, 4) is 0 Å². The quantitative estimate of drug-likeness (QED) is 0.326. The number of carbonyl (C=O) groups is 1. The molecule has 64 valence electrons. The Kier molecular flexibility index (Phi) is 7.24. The van der Waals surface area contributed by atoms with Crippen molar-refractivity contribution in [2.24, 2.45) is 4.80 Å². The molecule has 0 unspecified atom stereocenters. The van der Waals surface area contributed by atoms with Gasteiger partial charge in [-0.1, -0.05) is 19.8 Å². The molecule has 0 aliphatic carbocycles. The number of hydrogen-bond donors (Lipinski definition) is 0. The normalized spacial score (nSPS) is 9.18. The van der Waals surface area contributed by atoms with Crippen molar-refractivity contribution in [1.82, 2.24) is 0 Å². The van der Waals surface area contributed by atoms with Crippen LogP contribution in [0.15, 0.2) is 4.80 Å². The van der Waals surface area contributed by atoms with Crippen LogP contribution in [0.5, 0.6) is 0 Å². The van der Waals surface area contributed by atoms with Crippen LogP contribution in [0.25, 0.3) is 0 Å². The van der Waals surface area contributed by atoms with Gasteiger partial charge in [0.05, 0.1) is 0 Å². The van der Waals surface area contributed by atoms with Crippen LogP contribution in [-0.2, 0) is 9.63 Å². The molecule has 0 rings (SSSR count). The van der Waals surface area contributed by atoms with E-state index in [1.165, 1.54) is 10.0 Å². The van der Waals surface area contributed by atoms with Crippen LogP contribution in [-0.4, -0.2) is 22.4 Å². The lowest BCUT2D eigenvalue weighted by Gasteiger charge is -1.97. The monoisotopic (exact) mass is 173 g/mol. The highest BCUT2D eigenvalue weighted by Gasteiger charge is 2.00. The van der Waals surface area contributed by atoms with E-state index >= 15 is 0 Å². The number of nitrogens with zero attached hydrogens (tertiary/aromatic N) is 1. The van der Waals surface area contributed by atoms with E-state index in [1.54, 1.807) is 0 Å². The lowest BCUT2D eigenvalue weighted by molar-refractivity contribution is -0.123. The van der Waals surface area contributed by atoms with E-state index in [9.17, 15) is 4.79 Å². The van der Waals surface area contributed by atoms with E-state index in [4.69, 9.17) is 0 Å². The third kappa shape index (κ3) is 7.38. The maximum absolute atomic E-state index is 10.9. The van der Waals surface area contributed by atoms with Gasteiger partial charge in [-0.2, -0.15) is 4.80 Å². The van der Waals surface area contributed by atoms with Gasteiger partial charge in [0, 0.05) is 6.42 Å². The second-order valence-electron chi connectivity index (χ2n) is 2.40. The molecule has 0 aromatic heterocycles. The highest BCUT2D eigenvalue weighted by molar-refractivity contribution is 5.91. The van der Waals surface area contributed by atoms with E-state index in [1.807, 2.05) is 0 Å². The first-order valence-corrected chi connectivity index (χ1v) is 4.54. The summed E-state index contributed by atoms with van der Waals surface area (Å²) in [5.74, 6) is 0.147. The standard InChI is InChI=1S/C7H15NO2Si/c1-2-3-4-5-7(9)6-10-8-11/h2-6,11H2,1H3. The predicted octanol–water partition coefficient (Wildman–Crippen LogP) is 0.884. The maximum Gasteiger partial charge on any atom is 0.173 e. The van der Waals surface area contributed by atoms with E-state index in [0.717, 1.165) is 19.3 Å². The van der Waals surface area contributed by atoms with Crippen molar-refractivity contribution < 1.29 is 9.63 Å². The zero-order chi connectivity index (χ0) is 8.53. The molecule has 3 nitrogen and oxygen atoms in total. The number of ketones is 1. The Morgan fingerprint density at radius 1 is 1.55 bits per heavy atom. The molecule has 11 heavy (non-hydrogen) atoms. The zero-order valence-electron chi connectivity index (χ0n) is 7.01. The Hall–Kier alpha value is -0.513. The summed E-state index contributed by atoms with van der Waals surface area (Å²) in [5, 5.41) is 0. The molecule has 0 saturated heterocycles. The summed E-state index contributed by atoms with van der Waals surface area (Å²) in [7, 11) is 1.35. The van der Waals surface area contributed by atoms with Crippen LogP contribution in [0, 0.1) is 0 Å². The lowest BCUT2D eigenvalue weighted by Crippen LogP contribution is -2.05. The summed E-state index contributed by atoms with van der Waals surface area (Å²) in [6, 6.07) is 0. The van der Waals surface area contributed by atoms with Gasteiger partial charge in [0.25, 0.3) is 0 Å². The fourth-order valence-electron chi connectivity index (χ4n) is 0.762. The van der Waals surface area contributed by atoms with Crippen molar-refractivity contribution >= 4 is 15.8 Å². The van der Waals surface area contributed by atoms with Gasteiger partial charge in [-0.3, -0.25) is 4.79 Å². The van der Waals surface area contributed by atoms with Crippen LogP contribution < -0.4 is 0 Å². The van der Waals surface area contributed by atoms with Crippen LogP contribution >= 0.6 is 0 Å². The largest absolute Gasteiger partial charge is 0.399 e. The second kappa shape index (κ2) is 7.59. The molecule has 0 atom stereocenters. The Balaban J connectivity index is 3.15. The van der Waals surface area contributed by atoms with Crippen LogP contribution in [0.1, 0.15) is 32.6 Å². The first-order chi connectivity index (χ1) is 5.31. The molecule has 0 spiro atoms. The Labute approximate surface area is 70.2 Å². The van der Waals surface area contributed by atoms with Gasteiger partial charge in [-0.15, -0.1) is 0 Å². The molecule has 0 heterocycles. The Morgan fingerprint density at radius 2 is 2.27 bits per heavy atom. The molecule has 0 saturated carbocycles. The molecule has 0 aromatic rings. The molecule has 4 heteroatoms. The van der Waals surface area contributed by atoms with Crippen LogP contribution in [0.3, 0.4) is 0 Å². The summed E-state index contributed by atoms with van der Waals surface area (Å²) >= 11 is 0. The van der Waals surface area contributed by atoms with Gasteiger partial charge >= 0.3 is 0 Å². The zero-order valence-corrected chi connectivity index (χ0v) is 8.42. The molecule has 0 aliphatic rings. The maximum atomic E-state index is 10.9. The van der Waals surface area contributed by atoms with E-state index in [2.05, 4.69) is 16.6 Å². The Bertz CT molecular complexity index is 128. The van der Waals surface area contributed by atoms with Gasteiger partial charge in [0.2, 0.25) is 0 Å². The molecule has 0 fully saturated rings. The van der Waals surface area contributed by atoms with Crippen LogP contribution in [0.4, 0.5) is 0 Å². The number of rotatable bonds is 7. The summed E-state index contributed by atoms with van der Waals surface area (Å²) in [6.45, 7) is 2.26. The van der Waals surface area contributed by atoms with Crippen molar-refractivity contribution in [3.05, 3.63) is 0 Å². The molecule has 0 radical (unpaired) electrons. The highest BCUT2D eigenvalue weighted by atomic mass is 28.1. The summed E-state index contributed by atoms with van der Waals surface area (Å²) in [5.41, 5.74) is 0. The van der Waals surface area contributed by atoms with Crippen molar-refractivity contribution in [2.75, 3.05) is 6.61 Å². The smallest absolute Gasteiger partial charge is 0.173 e. The fourth-order valence-corrected chi connectivity index (χ4v) is 0.853. The SMILES string of the molecule is CCCCCC(=O)CON=[SiH2]. The second-order valence-corrected chi connectivity index (χ2v) is 2.66. The predicted molar refractivity (Wildman–Crippen MR) is 46.1 cm³/mol. The summed E-state index contributed by atoms with van der Waals surface area (Å²) in [4.78, 5) is 18.9. The van der Waals surface area contributed by atoms with Gasteiger partial charge in [-0.25, -0.2) is 0 Å². The minimum absolute atomic E-state index is 0.146. The minimum Gasteiger partial charge on any atom is -0.399 e. The van der Waals surface area contributed by atoms with Crippen LogP contribution in [0.2, 0.25) is 0 Å². The average Bonchev–Trinajstić information content (AvgIpc) is 2.01.